The summed E-state index contributed by atoms with van der Waals surface area (Å²) in [5.41, 5.74) is 5.44. The van der Waals surface area contributed by atoms with Crippen LogP contribution in [0.25, 0.3) is 0 Å². The average molecular weight is 460 g/mol. The van der Waals surface area contributed by atoms with Crippen molar-refractivity contribution < 1.29 is 9.53 Å². The molecule has 1 aromatic carbocycles. The predicted octanol–water partition coefficient (Wildman–Crippen LogP) is 4.87. The van der Waals surface area contributed by atoms with Crippen molar-refractivity contribution >= 4 is 5.91 Å². The highest BCUT2D eigenvalue weighted by atomic mass is 16.5. The highest BCUT2D eigenvalue weighted by Crippen LogP contribution is 2.65. The van der Waals surface area contributed by atoms with Crippen LogP contribution in [0.15, 0.2) is 36.5 Å². The van der Waals surface area contributed by atoms with E-state index in [-0.39, 0.29) is 11.9 Å². The molecular weight excluding hydrogens is 422 g/mol. The van der Waals surface area contributed by atoms with Crippen molar-refractivity contribution in [2.45, 2.75) is 76.9 Å². The summed E-state index contributed by atoms with van der Waals surface area (Å²) < 4.78 is 5.68. The molecule has 2 heterocycles. The van der Waals surface area contributed by atoms with E-state index in [0.29, 0.717) is 17.7 Å². The van der Waals surface area contributed by atoms with E-state index in [4.69, 9.17) is 4.74 Å². The molecule has 0 radical (unpaired) electrons. The Hall–Kier alpha value is -2.40. The van der Waals surface area contributed by atoms with Gasteiger partial charge in [0, 0.05) is 32.2 Å². The summed E-state index contributed by atoms with van der Waals surface area (Å²) in [4.78, 5) is 22.1. The summed E-state index contributed by atoms with van der Waals surface area (Å²) in [5.74, 6) is 1.68. The molecule has 1 amide bonds. The Bertz CT molecular complexity index is 1060. The summed E-state index contributed by atoms with van der Waals surface area (Å²) in [6, 6.07) is 11.7. The fraction of sp³-hybridized carbons (Fsp3) is 0.586. The number of carbonyl (C=O) groups excluding carboxylic acids is 1. The van der Waals surface area contributed by atoms with Gasteiger partial charge in [0.15, 0.2) is 0 Å². The fourth-order valence-electron chi connectivity index (χ4n) is 7.06. The molecule has 6 rings (SSSR count). The molecule has 4 aliphatic rings. The minimum atomic E-state index is -0.0130. The number of nitrogens with zero attached hydrogens (tertiary/aromatic N) is 3. The first-order chi connectivity index (χ1) is 16.6. The number of fused-ring (bicyclic) bond motifs is 1. The molecule has 1 aliphatic heterocycles. The van der Waals surface area contributed by atoms with Crippen LogP contribution in [0.4, 0.5) is 0 Å². The Kier molecular flexibility index (Phi) is 5.63. The number of amides is 1. The van der Waals surface area contributed by atoms with Crippen LogP contribution in [-0.4, -0.2) is 53.0 Å². The van der Waals surface area contributed by atoms with E-state index in [1.54, 1.807) is 12.3 Å². The van der Waals surface area contributed by atoms with Crippen LogP contribution in [-0.2, 0) is 19.4 Å². The summed E-state index contributed by atoms with van der Waals surface area (Å²) in [5, 5.41) is 0. The average Bonchev–Trinajstić information content (AvgIpc) is 3.29. The maximum Gasteiger partial charge on any atom is 0.272 e. The lowest BCUT2D eigenvalue weighted by Crippen LogP contribution is -2.53. The number of rotatable bonds is 8. The third kappa shape index (κ3) is 3.64. The molecule has 1 aromatic heterocycles. The van der Waals surface area contributed by atoms with Crippen LogP contribution in [0.2, 0.25) is 0 Å². The minimum Gasteiger partial charge on any atom is -0.492 e. The van der Waals surface area contributed by atoms with Crippen molar-refractivity contribution in [1.29, 1.82) is 0 Å². The van der Waals surface area contributed by atoms with Gasteiger partial charge >= 0.3 is 0 Å². The van der Waals surface area contributed by atoms with Crippen LogP contribution < -0.4 is 4.74 Å². The molecule has 180 valence electrons. The maximum atomic E-state index is 13.1. The van der Waals surface area contributed by atoms with Crippen molar-refractivity contribution in [3.63, 3.8) is 0 Å². The van der Waals surface area contributed by atoms with Gasteiger partial charge in [0.1, 0.15) is 11.4 Å². The van der Waals surface area contributed by atoms with E-state index in [9.17, 15) is 4.79 Å². The van der Waals surface area contributed by atoms with Gasteiger partial charge in [-0.25, -0.2) is 4.98 Å². The number of hydrogen-bond donors (Lipinski definition) is 0. The standard InChI is InChI=1S/C29H37N3O2/c1-3-4-13-34-25-7-8-26(30-17-25)28(33)31(2)24-15-21-6-5-20(14-22(21)16-24)18-32-19-23-9-11-29(23)12-10-27(29)32/h5-8,14,17,23-24,27H,3-4,9-13,15-16,18-19H2,1-2H3/t23?,24-,27?,29?/m1/s1. The molecule has 3 fully saturated rings. The summed E-state index contributed by atoms with van der Waals surface area (Å²) in [6.07, 6.45) is 11.4. The predicted molar refractivity (Wildman–Crippen MR) is 133 cm³/mol. The first-order valence-corrected chi connectivity index (χ1v) is 13.3. The smallest absolute Gasteiger partial charge is 0.272 e. The maximum absolute atomic E-state index is 13.1. The Morgan fingerprint density at radius 2 is 2.03 bits per heavy atom. The molecule has 2 aromatic rings. The third-order valence-corrected chi connectivity index (χ3v) is 9.37. The molecule has 4 atom stereocenters. The fourth-order valence-corrected chi connectivity index (χ4v) is 7.06. The third-order valence-electron chi connectivity index (χ3n) is 9.37. The van der Waals surface area contributed by atoms with Crippen molar-refractivity contribution in [3.8, 4) is 5.75 Å². The van der Waals surface area contributed by atoms with E-state index < -0.39 is 0 Å². The second kappa shape index (κ2) is 8.67. The summed E-state index contributed by atoms with van der Waals surface area (Å²) in [6.45, 7) is 5.22. The molecule has 1 spiro atoms. The number of benzene rings is 1. The molecule has 2 saturated carbocycles. The lowest BCUT2D eigenvalue weighted by Gasteiger charge is -2.56. The number of carbonyl (C=O) groups is 1. The van der Waals surface area contributed by atoms with Gasteiger partial charge in [-0.3, -0.25) is 9.69 Å². The van der Waals surface area contributed by atoms with Crippen molar-refractivity contribution in [3.05, 3.63) is 58.9 Å². The number of aromatic nitrogens is 1. The Morgan fingerprint density at radius 3 is 2.71 bits per heavy atom. The number of unbranched alkanes of at least 4 members (excludes halogenated alkanes) is 1. The molecular formula is C29H37N3O2. The van der Waals surface area contributed by atoms with Gasteiger partial charge in [-0.15, -0.1) is 0 Å². The van der Waals surface area contributed by atoms with Crippen LogP contribution in [0, 0.1) is 11.3 Å². The van der Waals surface area contributed by atoms with E-state index >= 15 is 0 Å². The van der Waals surface area contributed by atoms with Gasteiger partial charge in [0.25, 0.3) is 5.91 Å². The molecule has 3 aliphatic carbocycles. The van der Waals surface area contributed by atoms with E-state index in [1.165, 1.54) is 48.9 Å². The van der Waals surface area contributed by atoms with Crippen LogP contribution >= 0.6 is 0 Å². The van der Waals surface area contributed by atoms with E-state index in [0.717, 1.165) is 49.9 Å². The van der Waals surface area contributed by atoms with Gasteiger partial charge < -0.3 is 9.64 Å². The lowest BCUT2D eigenvalue weighted by molar-refractivity contribution is -0.0477. The van der Waals surface area contributed by atoms with Gasteiger partial charge in [-0.2, -0.15) is 0 Å². The number of pyridine rings is 1. The SMILES string of the molecule is CCCCOc1ccc(C(=O)N(C)[C@@H]2Cc3ccc(CN4CC5CCC56CCC46)cc3C2)nc1. The number of ether oxygens (including phenoxy) is 1. The first-order valence-electron chi connectivity index (χ1n) is 13.3. The van der Waals surface area contributed by atoms with Gasteiger partial charge in [0.05, 0.1) is 12.8 Å². The first kappa shape index (κ1) is 22.1. The zero-order chi connectivity index (χ0) is 23.3. The molecule has 5 heteroatoms. The number of likely N-dealkylation sites (N-methyl/N-ethyl adjacent to an activating group) is 1. The van der Waals surface area contributed by atoms with Crippen LogP contribution in [0.1, 0.15) is 72.6 Å². The van der Waals surface area contributed by atoms with Crippen molar-refractivity contribution in [2.24, 2.45) is 11.3 Å². The van der Waals surface area contributed by atoms with Crippen LogP contribution in [0.3, 0.4) is 0 Å². The molecule has 3 unspecified atom stereocenters. The number of hydrogen-bond acceptors (Lipinski definition) is 4. The normalized spacial score (nSPS) is 28.9. The molecule has 34 heavy (non-hydrogen) atoms. The largest absolute Gasteiger partial charge is 0.492 e. The zero-order valence-corrected chi connectivity index (χ0v) is 20.6. The second-order valence-corrected chi connectivity index (χ2v) is 11.1. The highest BCUT2D eigenvalue weighted by molar-refractivity contribution is 5.92. The molecule has 0 bridgehead atoms. The molecule has 5 nitrogen and oxygen atoms in total. The number of likely N-dealkylation sites (tertiary alicyclic amines) is 1. The van der Waals surface area contributed by atoms with Gasteiger partial charge in [0.2, 0.25) is 0 Å². The zero-order valence-electron chi connectivity index (χ0n) is 20.6. The van der Waals surface area contributed by atoms with Gasteiger partial charge in [-0.1, -0.05) is 31.5 Å². The topological polar surface area (TPSA) is 45.7 Å². The van der Waals surface area contributed by atoms with Crippen molar-refractivity contribution in [1.82, 2.24) is 14.8 Å². The minimum absolute atomic E-state index is 0.0130. The highest BCUT2D eigenvalue weighted by Gasteiger charge is 2.63. The quantitative estimate of drug-likeness (QED) is 0.528. The Balaban J connectivity index is 1.07. The summed E-state index contributed by atoms with van der Waals surface area (Å²) in [7, 11) is 1.92. The van der Waals surface area contributed by atoms with E-state index in [2.05, 4.69) is 35.0 Å². The monoisotopic (exact) mass is 459 g/mol. The lowest BCUT2D eigenvalue weighted by atomic mass is 9.50. The van der Waals surface area contributed by atoms with E-state index in [1.807, 2.05) is 18.0 Å². The Morgan fingerprint density at radius 1 is 1.18 bits per heavy atom. The molecule has 0 N–H and O–H groups in total. The van der Waals surface area contributed by atoms with Crippen LogP contribution in [0.5, 0.6) is 5.75 Å². The molecule has 1 saturated heterocycles. The summed E-state index contributed by atoms with van der Waals surface area (Å²) >= 11 is 0. The Labute approximate surface area is 203 Å². The second-order valence-electron chi connectivity index (χ2n) is 11.1. The van der Waals surface area contributed by atoms with Gasteiger partial charge in [-0.05, 0) is 85.1 Å². The van der Waals surface area contributed by atoms with Crippen molar-refractivity contribution in [2.75, 3.05) is 20.2 Å².